The van der Waals surface area contributed by atoms with E-state index in [0.29, 0.717) is 45.6 Å². The highest BCUT2D eigenvalue weighted by molar-refractivity contribution is 6.02. The topological polar surface area (TPSA) is 75.7 Å². The summed E-state index contributed by atoms with van der Waals surface area (Å²) in [5.74, 6) is 0.428. The quantitative estimate of drug-likeness (QED) is 0.259. The minimum atomic E-state index is -4.97. The summed E-state index contributed by atoms with van der Waals surface area (Å²) >= 11 is 0. The average molecular weight is 503 g/mol. The molecule has 0 fully saturated rings. The van der Waals surface area contributed by atoms with Crippen molar-refractivity contribution in [3.05, 3.63) is 71.8 Å². The molecule has 3 aromatic carbocycles. The Morgan fingerprint density at radius 2 is 1.44 bits per heavy atom. The van der Waals surface area contributed by atoms with Crippen LogP contribution in [0.4, 0.5) is 37.8 Å². The first-order valence-corrected chi connectivity index (χ1v) is 10.4. The molecular formula is C24H15F6N5O. The molecule has 0 saturated carbocycles. The van der Waals surface area contributed by atoms with Crippen LogP contribution < -0.4 is 10.1 Å². The number of H-pyrrole nitrogens is 1. The number of hydrogen-bond donors (Lipinski definition) is 2. The van der Waals surface area contributed by atoms with Crippen LogP contribution >= 0.6 is 0 Å². The van der Waals surface area contributed by atoms with Gasteiger partial charge in [0.1, 0.15) is 5.69 Å². The molecule has 0 aliphatic rings. The summed E-state index contributed by atoms with van der Waals surface area (Å²) in [6.45, 7) is 0. The fraction of sp³-hybridized carbons (Fsp3) is 0.125. The van der Waals surface area contributed by atoms with Crippen molar-refractivity contribution in [2.75, 3.05) is 12.4 Å². The minimum absolute atomic E-state index is 0.00564. The molecule has 0 radical (unpaired) electrons. The van der Waals surface area contributed by atoms with Crippen molar-refractivity contribution in [2.45, 2.75) is 12.4 Å². The van der Waals surface area contributed by atoms with E-state index in [1.807, 2.05) is 0 Å². The van der Waals surface area contributed by atoms with Gasteiger partial charge in [-0.1, -0.05) is 30.3 Å². The van der Waals surface area contributed by atoms with Crippen LogP contribution in [-0.4, -0.2) is 27.5 Å². The molecule has 2 heterocycles. The molecule has 2 N–H and O–H groups in total. The summed E-state index contributed by atoms with van der Waals surface area (Å²) in [7, 11) is 1.50. The van der Waals surface area contributed by atoms with E-state index in [-0.39, 0.29) is 11.9 Å². The second kappa shape index (κ2) is 8.40. The monoisotopic (exact) mass is 503 g/mol. The molecule has 0 spiro atoms. The molecule has 5 aromatic rings. The van der Waals surface area contributed by atoms with E-state index < -0.39 is 29.2 Å². The molecule has 2 aromatic heterocycles. The van der Waals surface area contributed by atoms with Crippen molar-refractivity contribution in [2.24, 2.45) is 0 Å². The average Bonchev–Trinajstić information content (AvgIpc) is 3.25. The summed E-state index contributed by atoms with van der Waals surface area (Å²) in [6.07, 6.45) is -9.94. The molecule has 0 aliphatic heterocycles. The van der Waals surface area contributed by atoms with Crippen LogP contribution in [0.3, 0.4) is 0 Å². The van der Waals surface area contributed by atoms with E-state index in [9.17, 15) is 26.3 Å². The lowest BCUT2D eigenvalue weighted by Crippen LogP contribution is -2.12. The maximum Gasteiger partial charge on any atom is 0.416 e. The lowest BCUT2D eigenvalue weighted by atomic mass is 10.0. The predicted octanol–water partition coefficient (Wildman–Crippen LogP) is 6.96. The van der Waals surface area contributed by atoms with Gasteiger partial charge in [-0.15, -0.1) is 15.3 Å². The Bertz CT molecular complexity index is 1560. The van der Waals surface area contributed by atoms with Gasteiger partial charge in [-0.05, 0) is 30.3 Å². The van der Waals surface area contributed by atoms with E-state index in [1.165, 1.54) is 7.11 Å². The van der Waals surface area contributed by atoms with Gasteiger partial charge in [-0.2, -0.15) is 26.3 Å². The third kappa shape index (κ3) is 4.25. The van der Waals surface area contributed by atoms with Gasteiger partial charge in [0, 0.05) is 22.0 Å². The number of methoxy groups -OCH3 is 1. The van der Waals surface area contributed by atoms with Gasteiger partial charge in [-0.3, -0.25) is 5.10 Å². The summed E-state index contributed by atoms with van der Waals surface area (Å²) < 4.78 is 84.8. The fourth-order valence-corrected chi connectivity index (χ4v) is 3.87. The maximum atomic E-state index is 13.3. The summed E-state index contributed by atoms with van der Waals surface area (Å²) in [5.41, 5.74) is -1.47. The second-order valence-electron chi connectivity index (χ2n) is 7.86. The number of halogens is 6. The molecule has 36 heavy (non-hydrogen) atoms. The van der Waals surface area contributed by atoms with Crippen molar-refractivity contribution in [1.82, 2.24) is 20.4 Å². The predicted molar refractivity (Wildman–Crippen MR) is 121 cm³/mol. The van der Waals surface area contributed by atoms with Crippen molar-refractivity contribution in [1.29, 1.82) is 0 Å². The van der Waals surface area contributed by atoms with E-state index in [0.717, 1.165) is 5.39 Å². The Morgan fingerprint density at radius 3 is 2.08 bits per heavy atom. The van der Waals surface area contributed by atoms with Gasteiger partial charge in [0.25, 0.3) is 0 Å². The number of anilines is 2. The normalized spacial score (nSPS) is 12.3. The number of aromatic nitrogens is 4. The van der Waals surface area contributed by atoms with Crippen LogP contribution in [0.25, 0.3) is 32.9 Å². The zero-order valence-corrected chi connectivity index (χ0v) is 18.3. The number of nitrogens with one attached hydrogen (secondary N) is 2. The highest BCUT2D eigenvalue weighted by Gasteiger charge is 2.37. The molecule has 5 rings (SSSR count). The molecule has 6 nitrogen and oxygen atoms in total. The number of alkyl halides is 6. The molecule has 0 atom stereocenters. The lowest BCUT2D eigenvalue weighted by Gasteiger charge is -2.16. The summed E-state index contributed by atoms with van der Waals surface area (Å²) in [5, 5.41) is 19.6. The smallest absolute Gasteiger partial charge is 0.416 e. The van der Waals surface area contributed by atoms with Crippen LogP contribution in [0, 0.1) is 0 Å². The van der Waals surface area contributed by atoms with Gasteiger partial charge < -0.3 is 10.1 Å². The van der Waals surface area contributed by atoms with E-state index in [1.54, 1.807) is 42.5 Å². The number of aromatic amines is 1. The highest BCUT2D eigenvalue weighted by Crippen LogP contribution is 2.39. The first kappa shape index (κ1) is 23.4. The highest BCUT2D eigenvalue weighted by atomic mass is 19.4. The fourth-order valence-electron chi connectivity index (χ4n) is 3.87. The number of hydrogen-bond acceptors (Lipinski definition) is 5. The summed E-state index contributed by atoms with van der Waals surface area (Å²) in [4.78, 5) is 0. The Kier molecular flexibility index (Phi) is 5.46. The molecular weight excluding hydrogens is 488 g/mol. The van der Waals surface area contributed by atoms with Crippen molar-refractivity contribution < 1.29 is 31.1 Å². The Morgan fingerprint density at radius 1 is 0.778 bits per heavy atom. The molecule has 0 bridgehead atoms. The molecule has 0 unspecified atom stereocenters. The van der Waals surface area contributed by atoms with E-state index >= 15 is 0 Å². The van der Waals surface area contributed by atoms with Gasteiger partial charge in [0.05, 0.1) is 29.1 Å². The number of nitrogens with zero attached hydrogens (tertiary/aromatic N) is 3. The van der Waals surface area contributed by atoms with E-state index in [2.05, 4.69) is 25.7 Å². The number of rotatable bonds is 4. The van der Waals surface area contributed by atoms with Gasteiger partial charge in [-0.25, -0.2) is 0 Å². The Balaban J connectivity index is 1.60. The third-order valence-corrected chi connectivity index (χ3v) is 5.53. The van der Waals surface area contributed by atoms with Gasteiger partial charge in [0.2, 0.25) is 5.88 Å². The molecule has 184 valence electrons. The first-order chi connectivity index (χ1) is 17.0. The van der Waals surface area contributed by atoms with Crippen molar-refractivity contribution in [3.63, 3.8) is 0 Å². The van der Waals surface area contributed by atoms with Crippen LogP contribution in [0.5, 0.6) is 5.88 Å². The molecule has 0 aliphatic carbocycles. The zero-order valence-electron chi connectivity index (χ0n) is 18.3. The Labute approximate surface area is 198 Å². The first-order valence-electron chi connectivity index (χ1n) is 10.4. The number of ether oxygens (including phenoxy) is 1. The van der Waals surface area contributed by atoms with Crippen LogP contribution in [0.15, 0.2) is 60.7 Å². The van der Waals surface area contributed by atoms with Gasteiger partial charge >= 0.3 is 12.4 Å². The van der Waals surface area contributed by atoms with Crippen molar-refractivity contribution in [3.8, 4) is 17.1 Å². The Hall–Kier alpha value is -4.35. The lowest BCUT2D eigenvalue weighted by molar-refractivity contribution is -0.143. The molecule has 0 amide bonds. The second-order valence-corrected chi connectivity index (χ2v) is 7.86. The SMILES string of the molecule is COc1n[nH]c2cc(-c3nnc(Nc4cc(C(F)(F)F)cc(C(F)(F)F)c4)c4ccccc34)ccc12. The van der Waals surface area contributed by atoms with E-state index in [4.69, 9.17) is 4.74 Å². The molecule has 12 heteroatoms. The van der Waals surface area contributed by atoms with Crippen LogP contribution in [0.2, 0.25) is 0 Å². The maximum absolute atomic E-state index is 13.3. The van der Waals surface area contributed by atoms with Crippen LogP contribution in [-0.2, 0) is 12.4 Å². The van der Waals surface area contributed by atoms with Crippen LogP contribution in [0.1, 0.15) is 11.1 Å². The number of benzene rings is 3. The number of fused-ring (bicyclic) bond motifs is 2. The largest absolute Gasteiger partial charge is 0.480 e. The summed E-state index contributed by atoms with van der Waals surface area (Å²) in [6, 6.07) is 13.4. The van der Waals surface area contributed by atoms with Gasteiger partial charge in [0.15, 0.2) is 5.82 Å². The third-order valence-electron chi connectivity index (χ3n) is 5.53. The van der Waals surface area contributed by atoms with Crippen molar-refractivity contribution >= 4 is 33.2 Å². The zero-order chi connectivity index (χ0) is 25.7. The minimum Gasteiger partial charge on any atom is -0.480 e. The molecule has 0 saturated heterocycles. The standard InChI is InChI=1S/C24H15F6N5O/c1-36-22-18-7-6-12(8-19(18)32-35-22)20-16-4-2-3-5-17(16)21(34-33-20)31-15-10-13(23(25,26)27)9-14(11-15)24(28,29)30/h2-11H,1H3,(H,31,34)(H,32,35).